The minimum Gasteiger partial charge on any atom is -0.443 e. The molecule has 0 saturated heterocycles. The molecule has 1 N–H and O–H groups in total. The summed E-state index contributed by atoms with van der Waals surface area (Å²) in [6.07, 6.45) is 2.00. The first-order chi connectivity index (χ1) is 8.40. The molecule has 2 heterocycles. The molecule has 0 saturated carbocycles. The molecule has 5 heteroatoms. The lowest BCUT2D eigenvalue weighted by Gasteiger charge is -2.24. The SMILES string of the molecule is CC(C)(C)OC(=O)N1CCc2ncc(CO)cc21. The van der Waals surface area contributed by atoms with Crippen molar-refractivity contribution in [3.8, 4) is 0 Å². The van der Waals surface area contributed by atoms with Crippen LogP contribution in [0.4, 0.5) is 10.5 Å². The molecule has 0 spiro atoms. The van der Waals surface area contributed by atoms with Crippen molar-refractivity contribution >= 4 is 11.8 Å². The van der Waals surface area contributed by atoms with E-state index in [1.165, 1.54) is 0 Å². The number of carbonyl (C=O) groups excluding carboxylic acids is 1. The van der Waals surface area contributed by atoms with Gasteiger partial charge < -0.3 is 9.84 Å². The molecule has 1 aromatic rings. The second-order valence-corrected chi connectivity index (χ2v) is 5.35. The maximum atomic E-state index is 12.0. The molecule has 1 amide bonds. The van der Waals surface area contributed by atoms with Crippen molar-refractivity contribution in [2.75, 3.05) is 11.4 Å². The average molecular weight is 250 g/mol. The maximum absolute atomic E-state index is 12.0. The third kappa shape index (κ3) is 2.61. The molecular formula is C13H18N2O3. The number of ether oxygens (including phenoxy) is 1. The highest BCUT2D eigenvalue weighted by molar-refractivity contribution is 5.90. The Balaban J connectivity index is 2.22. The molecule has 1 aliphatic rings. The van der Waals surface area contributed by atoms with Crippen LogP contribution in [0.25, 0.3) is 0 Å². The van der Waals surface area contributed by atoms with Crippen LogP contribution in [0.2, 0.25) is 0 Å². The molecule has 5 nitrogen and oxygen atoms in total. The van der Waals surface area contributed by atoms with Gasteiger partial charge in [0.05, 0.1) is 18.0 Å². The van der Waals surface area contributed by atoms with Gasteiger partial charge in [-0.15, -0.1) is 0 Å². The number of hydrogen-bond donors (Lipinski definition) is 1. The van der Waals surface area contributed by atoms with E-state index >= 15 is 0 Å². The van der Waals surface area contributed by atoms with Gasteiger partial charge in [0, 0.05) is 19.2 Å². The lowest BCUT2D eigenvalue weighted by molar-refractivity contribution is 0.0584. The predicted octanol–water partition coefficient (Wildman–Crippen LogP) is 1.87. The number of aliphatic hydroxyl groups is 1. The summed E-state index contributed by atoms with van der Waals surface area (Å²) in [6.45, 7) is 6.01. The average Bonchev–Trinajstić information content (AvgIpc) is 2.69. The summed E-state index contributed by atoms with van der Waals surface area (Å²) < 4.78 is 5.35. The normalized spacial score (nSPS) is 14.6. The summed E-state index contributed by atoms with van der Waals surface area (Å²) in [5.41, 5.74) is 1.81. The van der Waals surface area contributed by atoms with Crippen LogP contribution in [0.1, 0.15) is 32.0 Å². The van der Waals surface area contributed by atoms with Gasteiger partial charge in [-0.05, 0) is 32.4 Å². The quantitative estimate of drug-likeness (QED) is 0.826. The van der Waals surface area contributed by atoms with Crippen LogP contribution >= 0.6 is 0 Å². The molecule has 0 radical (unpaired) electrons. The molecule has 0 fully saturated rings. The number of hydrogen-bond acceptors (Lipinski definition) is 4. The lowest BCUT2D eigenvalue weighted by atomic mass is 10.2. The largest absolute Gasteiger partial charge is 0.443 e. The van der Waals surface area contributed by atoms with Gasteiger partial charge in [-0.2, -0.15) is 0 Å². The summed E-state index contributed by atoms with van der Waals surface area (Å²) in [5, 5.41) is 9.11. The topological polar surface area (TPSA) is 62.7 Å². The number of aliphatic hydroxyl groups excluding tert-OH is 1. The highest BCUT2D eigenvalue weighted by atomic mass is 16.6. The van der Waals surface area contributed by atoms with Crippen molar-refractivity contribution in [2.45, 2.75) is 39.4 Å². The van der Waals surface area contributed by atoms with E-state index in [-0.39, 0.29) is 12.7 Å². The molecule has 0 bridgehead atoms. The van der Waals surface area contributed by atoms with Crippen LogP contribution in [-0.4, -0.2) is 28.3 Å². The van der Waals surface area contributed by atoms with E-state index in [1.807, 2.05) is 20.8 Å². The monoisotopic (exact) mass is 250 g/mol. The van der Waals surface area contributed by atoms with Crippen molar-refractivity contribution in [3.05, 3.63) is 23.5 Å². The fourth-order valence-corrected chi connectivity index (χ4v) is 1.88. The minimum atomic E-state index is -0.512. The highest BCUT2D eigenvalue weighted by Gasteiger charge is 2.29. The van der Waals surface area contributed by atoms with E-state index in [0.717, 1.165) is 17.8 Å². The third-order valence-electron chi connectivity index (χ3n) is 2.66. The van der Waals surface area contributed by atoms with Crippen LogP contribution in [0.3, 0.4) is 0 Å². The van der Waals surface area contributed by atoms with E-state index in [2.05, 4.69) is 4.98 Å². The van der Waals surface area contributed by atoms with Gasteiger partial charge in [0.1, 0.15) is 5.60 Å². The zero-order valence-corrected chi connectivity index (χ0v) is 10.9. The number of fused-ring (bicyclic) bond motifs is 1. The molecule has 2 rings (SSSR count). The first-order valence-electron chi connectivity index (χ1n) is 6.00. The molecule has 0 atom stereocenters. The summed E-state index contributed by atoms with van der Waals surface area (Å²) >= 11 is 0. The van der Waals surface area contributed by atoms with Gasteiger partial charge >= 0.3 is 6.09 Å². The van der Waals surface area contributed by atoms with Crippen LogP contribution in [-0.2, 0) is 17.8 Å². The zero-order valence-electron chi connectivity index (χ0n) is 10.9. The Bertz CT molecular complexity index is 466. The van der Waals surface area contributed by atoms with E-state index in [1.54, 1.807) is 17.2 Å². The molecule has 98 valence electrons. The maximum Gasteiger partial charge on any atom is 0.414 e. The first-order valence-corrected chi connectivity index (χ1v) is 6.00. The van der Waals surface area contributed by atoms with E-state index < -0.39 is 5.60 Å². The van der Waals surface area contributed by atoms with Gasteiger partial charge in [0.25, 0.3) is 0 Å². The third-order valence-corrected chi connectivity index (χ3v) is 2.66. The van der Waals surface area contributed by atoms with Gasteiger partial charge in [-0.1, -0.05) is 0 Å². The number of aromatic nitrogens is 1. The number of amides is 1. The Morgan fingerprint density at radius 2 is 2.28 bits per heavy atom. The van der Waals surface area contributed by atoms with Crippen molar-refractivity contribution in [1.82, 2.24) is 4.98 Å². The Labute approximate surface area is 106 Å². The lowest BCUT2D eigenvalue weighted by Crippen LogP contribution is -2.35. The molecular weight excluding hydrogens is 232 g/mol. The molecule has 18 heavy (non-hydrogen) atoms. The summed E-state index contributed by atoms with van der Waals surface area (Å²) in [7, 11) is 0. The molecule has 1 aromatic heterocycles. The number of anilines is 1. The number of pyridine rings is 1. The van der Waals surface area contributed by atoms with Crippen LogP contribution in [0.15, 0.2) is 12.3 Å². The highest BCUT2D eigenvalue weighted by Crippen LogP contribution is 2.28. The standard InChI is InChI=1S/C13H18N2O3/c1-13(2,3)18-12(17)15-5-4-10-11(15)6-9(8-16)7-14-10/h6-7,16H,4-5,8H2,1-3H3. The second-order valence-electron chi connectivity index (χ2n) is 5.35. The van der Waals surface area contributed by atoms with Gasteiger partial charge in [-0.3, -0.25) is 9.88 Å². The van der Waals surface area contributed by atoms with Crippen LogP contribution < -0.4 is 4.90 Å². The van der Waals surface area contributed by atoms with Crippen LogP contribution in [0.5, 0.6) is 0 Å². The zero-order chi connectivity index (χ0) is 13.3. The van der Waals surface area contributed by atoms with Crippen molar-refractivity contribution in [2.24, 2.45) is 0 Å². The Morgan fingerprint density at radius 1 is 1.56 bits per heavy atom. The summed E-state index contributed by atoms with van der Waals surface area (Å²) in [5.74, 6) is 0. The molecule has 0 aliphatic carbocycles. The molecule has 0 unspecified atom stereocenters. The second kappa shape index (κ2) is 4.57. The number of rotatable bonds is 1. The molecule has 0 aromatic carbocycles. The van der Waals surface area contributed by atoms with Crippen molar-refractivity contribution < 1.29 is 14.6 Å². The Hall–Kier alpha value is -1.62. The van der Waals surface area contributed by atoms with Crippen LogP contribution in [0, 0.1) is 0 Å². The Kier molecular flexibility index (Phi) is 3.26. The summed E-state index contributed by atoms with van der Waals surface area (Å²) in [6, 6.07) is 1.79. The molecule has 1 aliphatic heterocycles. The Morgan fingerprint density at radius 3 is 2.89 bits per heavy atom. The fraction of sp³-hybridized carbons (Fsp3) is 0.538. The minimum absolute atomic E-state index is 0.0809. The van der Waals surface area contributed by atoms with E-state index in [0.29, 0.717) is 12.1 Å². The fourth-order valence-electron chi connectivity index (χ4n) is 1.88. The van der Waals surface area contributed by atoms with Crippen molar-refractivity contribution in [3.63, 3.8) is 0 Å². The van der Waals surface area contributed by atoms with Gasteiger partial charge in [0.15, 0.2) is 0 Å². The first kappa shape index (κ1) is 12.8. The van der Waals surface area contributed by atoms with Gasteiger partial charge in [0.2, 0.25) is 0 Å². The predicted molar refractivity (Wildman–Crippen MR) is 67.4 cm³/mol. The number of nitrogens with zero attached hydrogens (tertiary/aromatic N) is 2. The number of carbonyl (C=O) groups is 1. The smallest absolute Gasteiger partial charge is 0.414 e. The van der Waals surface area contributed by atoms with Gasteiger partial charge in [-0.25, -0.2) is 4.79 Å². The van der Waals surface area contributed by atoms with E-state index in [9.17, 15) is 4.79 Å². The summed E-state index contributed by atoms with van der Waals surface area (Å²) in [4.78, 5) is 17.9. The van der Waals surface area contributed by atoms with E-state index in [4.69, 9.17) is 9.84 Å². The van der Waals surface area contributed by atoms with Crippen molar-refractivity contribution in [1.29, 1.82) is 0 Å².